The highest BCUT2D eigenvalue weighted by Gasteiger charge is 2.30. The Hall–Kier alpha value is -2.90. The maximum Gasteiger partial charge on any atom is 0.408 e. The summed E-state index contributed by atoms with van der Waals surface area (Å²) in [5.41, 5.74) is 3.39. The Balaban J connectivity index is 1.52. The maximum atomic E-state index is 13.9. The lowest BCUT2D eigenvalue weighted by Crippen LogP contribution is -2.27. The summed E-state index contributed by atoms with van der Waals surface area (Å²) in [5.74, 6) is 1.03. The van der Waals surface area contributed by atoms with Gasteiger partial charge in [-0.25, -0.2) is 9.18 Å². The van der Waals surface area contributed by atoms with Gasteiger partial charge in [0.1, 0.15) is 11.6 Å². The maximum absolute atomic E-state index is 13.9. The van der Waals surface area contributed by atoms with Crippen molar-refractivity contribution in [2.24, 2.45) is 0 Å². The molecule has 0 saturated heterocycles. The zero-order valence-electron chi connectivity index (χ0n) is 16.9. The largest absolute Gasteiger partial charge is 0.465 e. The zero-order chi connectivity index (χ0) is 22.4. The summed E-state index contributed by atoms with van der Waals surface area (Å²) in [7, 11) is 0. The molecule has 9 heteroatoms. The summed E-state index contributed by atoms with van der Waals surface area (Å²) >= 11 is 12.4. The normalized spacial score (nSPS) is 17.9. The second-order valence-corrected chi connectivity index (χ2v) is 8.84. The summed E-state index contributed by atoms with van der Waals surface area (Å²) in [6.45, 7) is 0.363. The standard InChI is InChI=1S/C23H19Cl2FN4O2/c24-16-8-9-19-15(10-16)11-29(23(31)32)12-20-27-28-22(30(19)20)14-6-4-13(5-7-14)17-2-1-3-18(26)21(17)25/h1-4,8-10,14H,5-7,11-12H2,(H,31,32). The highest BCUT2D eigenvalue weighted by molar-refractivity contribution is 6.32. The predicted molar refractivity (Wildman–Crippen MR) is 120 cm³/mol. The Labute approximate surface area is 193 Å². The third-order valence-corrected chi connectivity index (χ3v) is 6.69. The number of carbonyl (C=O) groups is 1. The first-order chi connectivity index (χ1) is 15.4. The van der Waals surface area contributed by atoms with Crippen molar-refractivity contribution in [2.75, 3.05) is 0 Å². The molecule has 1 amide bonds. The monoisotopic (exact) mass is 472 g/mol. The summed E-state index contributed by atoms with van der Waals surface area (Å²) in [4.78, 5) is 13.0. The van der Waals surface area contributed by atoms with Gasteiger partial charge in [-0.2, -0.15) is 0 Å². The number of hydrogen-bond donors (Lipinski definition) is 1. The number of halogens is 3. The number of hydrogen-bond acceptors (Lipinski definition) is 3. The molecule has 32 heavy (non-hydrogen) atoms. The number of carboxylic acid groups (broad SMARTS) is 1. The molecule has 0 radical (unpaired) electrons. The minimum Gasteiger partial charge on any atom is -0.465 e. The molecule has 1 atom stereocenters. The molecule has 1 aliphatic heterocycles. The van der Waals surface area contributed by atoms with E-state index in [2.05, 4.69) is 16.3 Å². The van der Waals surface area contributed by atoms with Crippen LogP contribution in [0.2, 0.25) is 10.0 Å². The van der Waals surface area contributed by atoms with Crippen LogP contribution in [-0.4, -0.2) is 30.9 Å². The molecule has 1 N–H and O–H groups in total. The Morgan fingerprint density at radius 1 is 1.16 bits per heavy atom. The lowest BCUT2D eigenvalue weighted by Gasteiger charge is -2.23. The summed E-state index contributed by atoms with van der Waals surface area (Å²) in [6.07, 6.45) is 3.28. The van der Waals surface area contributed by atoms with Crippen LogP contribution in [-0.2, 0) is 13.1 Å². The van der Waals surface area contributed by atoms with E-state index in [1.165, 1.54) is 11.0 Å². The van der Waals surface area contributed by atoms with Crippen LogP contribution in [0.25, 0.3) is 11.3 Å². The number of aromatic nitrogens is 3. The first-order valence-corrected chi connectivity index (χ1v) is 11.0. The molecule has 3 aromatic rings. The van der Waals surface area contributed by atoms with Crippen molar-refractivity contribution in [1.82, 2.24) is 19.7 Å². The van der Waals surface area contributed by atoms with Gasteiger partial charge in [0.15, 0.2) is 5.82 Å². The van der Waals surface area contributed by atoms with Gasteiger partial charge in [-0.1, -0.05) is 41.4 Å². The van der Waals surface area contributed by atoms with Crippen LogP contribution in [0.4, 0.5) is 9.18 Å². The Bertz CT molecular complexity index is 1260. The van der Waals surface area contributed by atoms with Crippen LogP contribution in [0, 0.1) is 5.82 Å². The first kappa shape index (κ1) is 21.0. The third kappa shape index (κ3) is 3.65. The molecule has 1 aromatic heterocycles. The van der Waals surface area contributed by atoms with Gasteiger partial charge in [0, 0.05) is 10.9 Å². The molecule has 2 aromatic carbocycles. The smallest absolute Gasteiger partial charge is 0.408 e. The Morgan fingerprint density at radius 2 is 2.00 bits per heavy atom. The number of benzene rings is 2. The highest BCUT2D eigenvalue weighted by atomic mass is 35.5. The number of rotatable bonds is 2. The molecule has 0 fully saturated rings. The van der Waals surface area contributed by atoms with Gasteiger partial charge in [0.2, 0.25) is 0 Å². The average Bonchev–Trinajstić information content (AvgIpc) is 3.11. The molecule has 0 spiro atoms. The molecule has 164 valence electrons. The van der Waals surface area contributed by atoms with E-state index in [9.17, 15) is 14.3 Å². The van der Waals surface area contributed by atoms with E-state index in [0.29, 0.717) is 17.3 Å². The molecule has 2 heterocycles. The number of nitrogens with zero attached hydrogens (tertiary/aromatic N) is 4. The van der Waals surface area contributed by atoms with Crippen LogP contribution in [0.3, 0.4) is 0 Å². The highest BCUT2D eigenvalue weighted by Crippen LogP contribution is 2.39. The lowest BCUT2D eigenvalue weighted by molar-refractivity contribution is 0.139. The predicted octanol–water partition coefficient (Wildman–Crippen LogP) is 6.06. The topological polar surface area (TPSA) is 71.2 Å². The van der Waals surface area contributed by atoms with Crippen molar-refractivity contribution in [3.63, 3.8) is 0 Å². The molecule has 1 aliphatic carbocycles. The SMILES string of the molecule is O=C(O)N1Cc2cc(Cl)ccc2-n2c(nnc2C2CC=C(c3cccc(F)c3Cl)CC2)C1. The zero-order valence-corrected chi connectivity index (χ0v) is 18.4. The van der Waals surface area contributed by atoms with Crippen molar-refractivity contribution in [1.29, 1.82) is 0 Å². The van der Waals surface area contributed by atoms with Gasteiger partial charge in [0.25, 0.3) is 0 Å². The molecule has 0 bridgehead atoms. The van der Waals surface area contributed by atoms with Crippen molar-refractivity contribution in [2.45, 2.75) is 38.3 Å². The van der Waals surface area contributed by atoms with E-state index in [1.54, 1.807) is 18.2 Å². The van der Waals surface area contributed by atoms with Gasteiger partial charge in [-0.3, -0.25) is 9.47 Å². The quantitative estimate of drug-likeness (QED) is 0.492. The summed E-state index contributed by atoms with van der Waals surface area (Å²) < 4.78 is 15.8. The fourth-order valence-corrected chi connectivity index (χ4v) is 4.93. The fourth-order valence-electron chi connectivity index (χ4n) is 4.49. The van der Waals surface area contributed by atoms with E-state index < -0.39 is 11.9 Å². The number of amides is 1. The van der Waals surface area contributed by atoms with Gasteiger partial charge in [-0.15, -0.1) is 10.2 Å². The Morgan fingerprint density at radius 3 is 2.75 bits per heavy atom. The van der Waals surface area contributed by atoms with Gasteiger partial charge < -0.3 is 5.11 Å². The third-order valence-electron chi connectivity index (χ3n) is 6.08. The van der Waals surface area contributed by atoms with Crippen LogP contribution in [0.1, 0.15) is 48.0 Å². The van der Waals surface area contributed by atoms with E-state index in [4.69, 9.17) is 23.2 Å². The minimum atomic E-state index is -1.02. The molecule has 5 rings (SSSR count). The first-order valence-electron chi connectivity index (χ1n) is 10.3. The molecule has 2 aliphatic rings. The van der Waals surface area contributed by atoms with E-state index in [-0.39, 0.29) is 24.0 Å². The summed E-state index contributed by atoms with van der Waals surface area (Å²) in [5, 5.41) is 19.1. The van der Waals surface area contributed by atoms with Gasteiger partial charge >= 0.3 is 6.09 Å². The van der Waals surface area contributed by atoms with Crippen LogP contribution < -0.4 is 0 Å². The van der Waals surface area contributed by atoms with Gasteiger partial charge in [-0.05, 0) is 60.2 Å². The molecule has 0 saturated carbocycles. The van der Waals surface area contributed by atoms with E-state index in [1.807, 2.05) is 16.7 Å². The molecular weight excluding hydrogens is 454 g/mol. The number of allylic oxidation sites excluding steroid dienone is 2. The van der Waals surface area contributed by atoms with Crippen LogP contribution in [0.5, 0.6) is 0 Å². The second kappa shape index (κ2) is 8.22. The number of fused-ring (bicyclic) bond motifs is 3. The average molecular weight is 473 g/mol. The minimum absolute atomic E-state index is 0.0900. The van der Waals surface area contributed by atoms with Crippen molar-refractivity contribution in [3.8, 4) is 5.69 Å². The van der Waals surface area contributed by atoms with Crippen LogP contribution in [0.15, 0.2) is 42.5 Å². The van der Waals surface area contributed by atoms with E-state index in [0.717, 1.165) is 41.1 Å². The fraction of sp³-hybridized carbons (Fsp3) is 0.261. The molecule has 1 unspecified atom stereocenters. The van der Waals surface area contributed by atoms with Crippen molar-refractivity contribution in [3.05, 3.63) is 81.1 Å². The van der Waals surface area contributed by atoms with Crippen molar-refractivity contribution >= 4 is 34.9 Å². The Kier molecular flexibility index (Phi) is 5.39. The van der Waals surface area contributed by atoms with E-state index >= 15 is 0 Å². The lowest BCUT2D eigenvalue weighted by atomic mass is 9.86. The van der Waals surface area contributed by atoms with Crippen molar-refractivity contribution < 1.29 is 14.3 Å². The van der Waals surface area contributed by atoms with Crippen LogP contribution >= 0.6 is 23.2 Å². The second-order valence-electron chi connectivity index (χ2n) is 8.02. The molecule has 6 nitrogen and oxygen atoms in total. The molecular formula is C23H19Cl2FN4O2. The van der Waals surface area contributed by atoms with Gasteiger partial charge in [0.05, 0.1) is 23.8 Å². The summed E-state index contributed by atoms with van der Waals surface area (Å²) in [6, 6.07) is 10.3.